The minimum Gasteiger partial charge on any atom is -0.494 e. The van der Waals surface area contributed by atoms with Crippen molar-refractivity contribution in [1.29, 1.82) is 0 Å². The Balaban J connectivity index is 1.93. The zero-order chi connectivity index (χ0) is 17.1. The van der Waals surface area contributed by atoms with Crippen molar-refractivity contribution >= 4 is 21.9 Å². The monoisotopic (exact) mass is 334 g/mol. The highest BCUT2D eigenvalue weighted by Gasteiger charge is 2.19. The summed E-state index contributed by atoms with van der Waals surface area (Å²) in [5.74, 6) is -1.04. The molecule has 0 aliphatic heterocycles. The molecule has 5 heteroatoms. The van der Waals surface area contributed by atoms with Crippen LogP contribution in [-0.2, 0) is 0 Å². The van der Waals surface area contributed by atoms with Crippen LogP contribution in [0, 0.1) is 11.6 Å². The summed E-state index contributed by atoms with van der Waals surface area (Å²) in [6, 6.07) is 6.42. The fraction of sp³-hybridized carbons (Fsp3) is 0.368. The summed E-state index contributed by atoms with van der Waals surface area (Å²) in [7, 11) is 1.37. The number of methoxy groups -OCH3 is 1. The molecule has 0 radical (unpaired) electrons. The maximum atomic E-state index is 14.6. The molecule has 1 aromatic heterocycles. The normalized spacial score (nSPS) is 11.3. The summed E-state index contributed by atoms with van der Waals surface area (Å²) < 4.78 is 44.8. The third-order valence-corrected chi connectivity index (χ3v) is 4.09. The lowest BCUT2D eigenvalue weighted by Gasteiger charge is -2.07. The lowest BCUT2D eigenvalue weighted by Crippen LogP contribution is -1.99. The Morgan fingerprint density at radius 3 is 2.12 bits per heavy atom. The first-order chi connectivity index (χ1) is 11.7. The van der Waals surface area contributed by atoms with Crippen LogP contribution in [0.15, 0.2) is 28.7 Å². The van der Waals surface area contributed by atoms with Crippen LogP contribution in [0.4, 0.5) is 8.78 Å². The van der Waals surface area contributed by atoms with Gasteiger partial charge in [0.15, 0.2) is 22.7 Å². The van der Waals surface area contributed by atoms with Crippen LogP contribution >= 0.6 is 0 Å². The topological polar surface area (TPSA) is 31.6 Å². The Bertz CT molecular complexity index is 855. The molecule has 3 aromatic rings. The maximum absolute atomic E-state index is 14.6. The number of ether oxygens (including phenoxy) is 2. The second kappa shape index (κ2) is 7.07. The van der Waals surface area contributed by atoms with E-state index in [2.05, 4.69) is 6.92 Å². The minimum atomic E-state index is -0.632. The van der Waals surface area contributed by atoms with Gasteiger partial charge in [-0.25, -0.2) is 0 Å². The van der Waals surface area contributed by atoms with Gasteiger partial charge in [0.2, 0.25) is 11.6 Å². The molecule has 1 heterocycles. The molecule has 0 atom stereocenters. The molecule has 0 N–H and O–H groups in total. The largest absolute Gasteiger partial charge is 0.494 e. The van der Waals surface area contributed by atoms with E-state index in [-0.39, 0.29) is 22.7 Å². The second-order valence-electron chi connectivity index (χ2n) is 5.72. The third-order valence-electron chi connectivity index (χ3n) is 4.09. The number of halogens is 2. The molecule has 128 valence electrons. The number of hydrogen-bond donors (Lipinski definition) is 0. The van der Waals surface area contributed by atoms with Gasteiger partial charge in [0.1, 0.15) is 0 Å². The summed E-state index contributed by atoms with van der Waals surface area (Å²) in [6.07, 6.45) is 4.19. The predicted octanol–water partition coefficient (Wildman–Crippen LogP) is 5.83. The number of fused-ring (bicyclic) bond motifs is 3. The molecule has 2 aromatic carbocycles. The Morgan fingerprint density at radius 1 is 0.875 bits per heavy atom. The summed E-state index contributed by atoms with van der Waals surface area (Å²) >= 11 is 0. The zero-order valence-electron chi connectivity index (χ0n) is 13.8. The molecule has 3 nitrogen and oxygen atoms in total. The molecule has 0 amide bonds. The molecule has 3 rings (SSSR count). The molecule has 0 saturated carbocycles. The molecular formula is C19H20F2O3. The smallest absolute Gasteiger partial charge is 0.208 e. The van der Waals surface area contributed by atoms with E-state index < -0.39 is 11.6 Å². The molecule has 0 unspecified atom stereocenters. The zero-order valence-corrected chi connectivity index (χ0v) is 13.8. The quantitative estimate of drug-likeness (QED) is 0.509. The van der Waals surface area contributed by atoms with Crippen LogP contribution in [0.5, 0.6) is 11.5 Å². The fourth-order valence-electron chi connectivity index (χ4n) is 2.78. The summed E-state index contributed by atoms with van der Waals surface area (Å²) in [5, 5.41) is 1.03. The molecule has 0 saturated heterocycles. The van der Waals surface area contributed by atoms with Gasteiger partial charge in [0.25, 0.3) is 0 Å². The number of benzene rings is 2. The van der Waals surface area contributed by atoms with Crippen molar-refractivity contribution in [1.82, 2.24) is 0 Å². The van der Waals surface area contributed by atoms with Crippen molar-refractivity contribution in [2.75, 3.05) is 13.7 Å². The lowest BCUT2D eigenvalue weighted by atomic mass is 10.1. The van der Waals surface area contributed by atoms with Crippen molar-refractivity contribution in [3.63, 3.8) is 0 Å². The third kappa shape index (κ3) is 2.90. The van der Waals surface area contributed by atoms with E-state index in [1.165, 1.54) is 13.2 Å². The van der Waals surface area contributed by atoms with Crippen LogP contribution in [0.2, 0.25) is 0 Å². The van der Waals surface area contributed by atoms with Gasteiger partial charge in [0.05, 0.1) is 13.7 Å². The SMILES string of the molecule is CCCCCCOc1ccc2c(oc3c(F)c(OC)ccc32)c1F. The molecule has 0 spiro atoms. The predicted molar refractivity (Wildman–Crippen MR) is 89.8 cm³/mol. The second-order valence-corrected chi connectivity index (χ2v) is 5.72. The van der Waals surface area contributed by atoms with E-state index in [9.17, 15) is 8.78 Å². The Kier molecular flexibility index (Phi) is 4.88. The van der Waals surface area contributed by atoms with E-state index in [4.69, 9.17) is 13.9 Å². The van der Waals surface area contributed by atoms with Gasteiger partial charge in [0, 0.05) is 10.8 Å². The van der Waals surface area contributed by atoms with E-state index in [1.54, 1.807) is 18.2 Å². The summed E-state index contributed by atoms with van der Waals surface area (Å²) in [5.41, 5.74) is -0.00782. The Morgan fingerprint density at radius 2 is 1.50 bits per heavy atom. The van der Waals surface area contributed by atoms with Gasteiger partial charge >= 0.3 is 0 Å². The van der Waals surface area contributed by atoms with Crippen LogP contribution in [0.1, 0.15) is 32.6 Å². The molecule has 0 fully saturated rings. The van der Waals surface area contributed by atoms with Crippen molar-refractivity contribution < 1.29 is 22.7 Å². The number of furan rings is 1. The maximum Gasteiger partial charge on any atom is 0.208 e. The highest BCUT2D eigenvalue weighted by molar-refractivity contribution is 6.06. The van der Waals surface area contributed by atoms with E-state index >= 15 is 0 Å². The molecular weight excluding hydrogens is 314 g/mol. The van der Waals surface area contributed by atoms with Gasteiger partial charge in [-0.05, 0) is 30.7 Å². The van der Waals surface area contributed by atoms with Gasteiger partial charge in [-0.3, -0.25) is 0 Å². The Labute approximate surface area is 139 Å². The standard InChI is InChI=1S/C19H20F2O3/c1-3-4-5-6-11-23-15-10-8-13-12-7-9-14(22-2)16(20)18(12)24-19(13)17(15)21/h7-10H,3-6,11H2,1-2H3. The van der Waals surface area contributed by atoms with E-state index in [0.29, 0.717) is 17.4 Å². The molecule has 0 bridgehead atoms. The average molecular weight is 334 g/mol. The average Bonchev–Trinajstić information content (AvgIpc) is 2.97. The van der Waals surface area contributed by atoms with Crippen molar-refractivity contribution in [3.05, 3.63) is 35.9 Å². The van der Waals surface area contributed by atoms with Crippen LogP contribution in [0.25, 0.3) is 21.9 Å². The molecule has 0 aliphatic rings. The first-order valence-corrected chi connectivity index (χ1v) is 8.17. The minimum absolute atomic E-state index is 0.00297. The highest BCUT2D eigenvalue weighted by atomic mass is 19.1. The number of rotatable bonds is 7. The molecule has 24 heavy (non-hydrogen) atoms. The highest BCUT2D eigenvalue weighted by Crippen LogP contribution is 2.37. The van der Waals surface area contributed by atoms with Crippen molar-refractivity contribution in [3.8, 4) is 11.5 Å². The van der Waals surface area contributed by atoms with Gasteiger partial charge in [-0.15, -0.1) is 0 Å². The van der Waals surface area contributed by atoms with Gasteiger partial charge in [-0.2, -0.15) is 8.78 Å². The first kappa shape index (κ1) is 16.6. The van der Waals surface area contributed by atoms with Crippen LogP contribution < -0.4 is 9.47 Å². The Hall–Kier alpha value is -2.30. The number of hydrogen-bond acceptors (Lipinski definition) is 3. The van der Waals surface area contributed by atoms with Gasteiger partial charge < -0.3 is 13.9 Å². The fourth-order valence-corrected chi connectivity index (χ4v) is 2.78. The van der Waals surface area contributed by atoms with E-state index in [0.717, 1.165) is 25.7 Å². The van der Waals surface area contributed by atoms with Crippen molar-refractivity contribution in [2.24, 2.45) is 0 Å². The first-order valence-electron chi connectivity index (χ1n) is 8.17. The lowest BCUT2D eigenvalue weighted by molar-refractivity contribution is 0.290. The van der Waals surface area contributed by atoms with E-state index in [1.807, 2.05) is 0 Å². The summed E-state index contributed by atoms with van der Waals surface area (Å²) in [4.78, 5) is 0. The van der Waals surface area contributed by atoms with Crippen molar-refractivity contribution in [2.45, 2.75) is 32.6 Å². The number of unbranched alkanes of at least 4 members (excludes halogenated alkanes) is 3. The van der Waals surface area contributed by atoms with Crippen LogP contribution in [-0.4, -0.2) is 13.7 Å². The summed E-state index contributed by atoms with van der Waals surface area (Å²) in [6.45, 7) is 2.58. The van der Waals surface area contributed by atoms with Gasteiger partial charge in [-0.1, -0.05) is 26.2 Å². The molecule has 0 aliphatic carbocycles. The van der Waals surface area contributed by atoms with Crippen LogP contribution in [0.3, 0.4) is 0 Å².